The Kier molecular flexibility index (Phi) is 5.07. The first kappa shape index (κ1) is 15.2. The number of rotatable bonds is 7. The summed E-state index contributed by atoms with van der Waals surface area (Å²) in [6.07, 6.45) is 0.146. The minimum atomic E-state index is -3.56. The minimum absolute atomic E-state index is 0.00440. The molecule has 0 atom stereocenters. The summed E-state index contributed by atoms with van der Waals surface area (Å²) in [5.41, 5.74) is -0.212. The predicted octanol–water partition coefficient (Wildman–Crippen LogP) is 0.661. The maximum atomic E-state index is 10.8. The summed E-state index contributed by atoms with van der Waals surface area (Å²) < 4.78 is 31.6. The van der Waals surface area contributed by atoms with Crippen LogP contribution in [0.1, 0.15) is 6.42 Å². The molecule has 1 rings (SSSR count). The molecule has 0 heterocycles. The summed E-state index contributed by atoms with van der Waals surface area (Å²) in [4.78, 5) is 10.2. The summed E-state index contributed by atoms with van der Waals surface area (Å²) >= 11 is 0. The van der Waals surface area contributed by atoms with Crippen LogP contribution < -0.4 is 14.6 Å². The fourth-order valence-corrected chi connectivity index (χ4v) is 1.85. The number of hydrogen-bond donors (Lipinski definition) is 1. The first-order valence-electron chi connectivity index (χ1n) is 5.29. The smallest absolute Gasteiger partial charge is 0.311 e. The van der Waals surface area contributed by atoms with Crippen LogP contribution in [0.5, 0.6) is 11.5 Å². The minimum Gasteiger partial charge on any atom is -0.497 e. The molecule has 0 amide bonds. The van der Waals surface area contributed by atoms with Crippen LogP contribution >= 0.6 is 0 Å². The SMILES string of the molecule is COc1ccc([N+](=O)[O-])c(OCCCS(N)(=O)=O)c1. The molecule has 106 valence electrons. The zero-order valence-electron chi connectivity index (χ0n) is 10.2. The van der Waals surface area contributed by atoms with Crippen molar-refractivity contribution in [2.75, 3.05) is 19.5 Å². The van der Waals surface area contributed by atoms with E-state index in [1.54, 1.807) is 0 Å². The molecule has 1 aromatic rings. The normalized spacial score (nSPS) is 11.1. The van der Waals surface area contributed by atoms with E-state index in [-0.39, 0.29) is 30.2 Å². The summed E-state index contributed by atoms with van der Waals surface area (Å²) in [7, 11) is -2.13. The maximum absolute atomic E-state index is 10.8. The number of sulfonamides is 1. The lowest BCUT2D eigenvalue weighted by molar-refractivity contribution is -0.385. The summed E-state index contributed by atoms with van der Waals surface area (Å²) in [5, 5.41) is 15.6. The van der Waals surface area contributed by atoms with E-state index in [0.717, 1.165) is 0 Å². The standard InChI is InChI=1S/C10H14N2O6S/c1-17-8-3-4-9(12(13)14)10(7-8)18-5-2-6-19(11,15)16/h3-4,7H,2,5-6H2,1H3,(H2,11,15,16). The number of primary sulfonamides is 1. The highest BCUT2D eigenvalue weighted by Gasteiger charge is 2.16. The Bertz CT molecular complexity index is 557. The number of benzene rings is 1. The molecule has 9 heteroatoms. The topological polar surface area (TPSA) is 122 Å². The molecule has 0 fully saturated rings. The molecule has 8 nitrogen and oxygen atoms in total. The molecule has 2 N–H and O–H groups in total. The first-order valence-corrected chi connectivity index (χ1v) is 7.01. The van der Waals surface area contributed by atoms with Gasteiger partial charge in [0.25, 0.3) is 0 Å². The van der Waals surface area contributed by atoms with Crippen LogP contribution in [0.15, 0.2) is 18.2 Å². The largest absolute Gasteiger partial charge is 0.497 e. The highest BCUT2D eigenvalue weighted by molar-refractivity contribution is 7.89. The van der Waals surface area contributed by atoms with E-state index in [1.165, 1.54) is 25.3 Å². The van der Waals surface area contributed by atoms with Crippen molar-refractivity contribution >= 4 is 15.7 Å². The van der Waals surface area contributed by atoms with Gasteiger partial charge < -0.3 is 9.47 Å². The average Bonchev–Trinajstić information content (AvgIpc) is 2.33. The van der Waals surface area contributed by atoms with Gasteiger partial charge in [0, 0.05) is 12.1 Å². The Morgan fingerprint density at radius 1 is 1.42 bits per heavy atom. The van der Waals surface area contributed by atoms with E-state index in [1.807, 2.05) is 0 Å². The fourth-order valence-electron chi connectivity index (χ4n) is 1.33. The third-order valence-electron chi connectivity index (χ3n) is 2.19. The molecular formula is C10H14N2O6S. The van der Waals surface area contributed by atoms with Crippen LogP contribution in [0.4, 0.5) is 5.69 Å². The van der Waals surface area contributed by atoms with E-state index in [2.05, 4.69) is 0 Å². The molecule has 0 saturated heterocycles. The first-order chi connectivity index (χ1) is 8.83. The van der Waals surface area contributed by atoms with Gasteiger partial charge in [0.2, 0.25) is 15.8 Å². The lowest BCUT2D eigenvalue weighted by Gasteiger charge is -2.08. The molecule has 0 radical (unpaired) electrons. The second-order valence-electron chi connectivity index (χ2n) is 3.66. The number of nitro groups is 1. The maximum Gasteiger partial charge on any atom is 0.311 e. The third-order valence-corrected chi connectivity index (χ3v) is 3.05. The number of hydrogen-bond acceptors (Lipinski definition) is 6. The second kappa shape index (κ2) is 6.34. The Hall–Kier alpha value is -1.87. The molecule has 1 aromatic carbocycles. The Morgan fingerprint density at radius 3 is 2.63 bits per heavy atom. The fraction of sp³-hybridized carbons (Fsp3) is 0.400. The van der Waals surface area contributed by atoms with Gasteiger partial charge in [0.1, 0.15) is 5.75 Å². The molecular weight excluding hydrogens is 276 g/mol. The Labute approximate surface area is 110 Å². The lowest BCUT2D eigenvalue weighted by atomic mass is 10.3. The van der Waals surface area contributed by atoms with Crippen LogP contribution in [-0.4, -0.2) is 32.8 Å². The van der Waals surface area contributed by atoms with Gasteiger partial charge in [-0.3, -0.25) is 10.1 Å². The van der Waals surface area contributed by atoms with Gasteiger partial charge in [0.15, 0.2) is 0 Å². The quantitative estimate of drug-likeness (QED) is 0.447. The van der Waals surface area contributed by atoms with Crippen molar-refractivity contribution in [1.29, 1.82) is 0 Å². The van der Waals surface area contributed by atoms with E-state index in [4.69, 9.17) is 14.6 Å². The molecule has 0 aliphatic heterocycles. The zero-order chi connectivity index (χ0) is 14.5. The van der Waals surface area contributed by atoms with Crippen LogP contribution in [0, 0.1) is 10.1 Å². The Morgan fingerprint density at radius 2 is 2.11 bits per heavy atom. The van der Waals surface area contributed by atoms with Gasteiger partial charge in [-0.05, 0) is 12.5 Å². The van der Waals surface area contributed by atoms with Crippen molar-refractivity contribution in [3.8, 4) is 11.5 Å². The molecule has 0 aromatic heterocycles. The highest BCUT2D eigenvalue weighted by Crippen LogP contribution is 2.31. The molecule has 0 aliphatic rings. The monoisotopic (exact) mass is 290 g/mol. The number of ether oxygens (including phenoxy) is 2. The highest BCUT2D eigenvalue weighted by atomic mass is 32.2. The number of nitrogens with two attached hydrogens (primary N) is 1. The van der Waals surface area contributed by atoms with Crippen LogP contribution in [0.25, 0.3) is 0 Å². The zero-order valence-corrected chi connectivity index (χ0v) is 11.1. The van der Waals surface area contributed by atoms with Gasteiger partial charge in [-0.2, -0.15) is 0 Å². The van der Waals surface area contributed by atoms with Crippen molar-refractivity contribution in [1.82, 2.24) is 0 Å². The van der Waals surface area contributed by atoms with Gasteiger partial charge in [-0.1, -0.05) is 0 Å². The van der Waals surface area contributed by atoms with Gasteiger partial charge in [0.05, 0.1) is 24.4 Å². The van der Waals surface area contributed by atoms with E-state index >= 15 is 0 Å². The van der Waals surface area contributed by atoms with E-state index < -0.39 is 14.9 Å². The van der Waals surface area contributed by atoms with Crippen molar-refractivity contribution in [3.05, 3.63) is 28.3 Å². The molecule has 0 bridgehead atoms. The summed E-state index contributed by atoms with van der Waals surface area (Å²) in [6.45, 7) is 0.00440. The molecule has 0 aliphatic carbocycles. The number of methoxy groups -OCH3 is 1. The predicted molar refractivity (Wildman–Crippen MR) is 67.7 cm³/mol. The van der Waals surface area contributed by atoms with Gasteiger partial charge in [-0.15, -0.1) is 0 Å². The molecule has 19 heavy (non-hydrogen) atoms. The number of nitro benzene ring substituents is 1. The molecule has 0 spiro atoms. The van der Waals surface area contributed by atoms with Crippen LogP contribution in [0.3, 0.4) is 0 Å². The van der Waals surface area contributed by atoms with Crippen LogP contribution in [0.2, 0.25) is 0 Å². The van der Waals surface area contributed by atoms with E-state index in [0.29, 0.717) is 5.75 Å². The van der Waals surface area contributed by atoms with Crippen molar-refractivity contribution in [2.24, 2.45) is 5.14 Å². The average molecular weight is 290 g/mol. The summed E-state index contributed by atoms with van der Waals surface area (Å²) in [6, 6.07) is 4.07. The lowest BCUT2D eigenvalue weighted by Crippen LogP contribution is -2.18. The van der Waals surface area contributed by atoms with E-state index in [9.17, 15) is 18.5 Å². The Balaban J connectivity index is 2.72. The van der Waals surface area contributed by atoms with Crippen molar-refractivity contribution in [2.45, 2.75) is 6.42 Å². The van der Waals surface area contributed by atoms with Gasteiger partial charge >= 0.3 is 5.69 Å². The molecule has 0 unspecified atom stereocenters. The summed E-state index contributed by atoms with van der Waals surface area (Å²) in [5.74, 6) is 0.191. The van der Waals surface area contributed by atoms with Crippen molar-refractivity contribution < 1.29 is 22.8 Å². The van der Waals surface area contributed by atoms with Crippen LogP contribution in [-0.2, 0) is 10.0 Å². The second-order valence-corrected chi connectivity index (χ2v) is 5.39. The van der Waals surface area contributed by atoms with Gasteiger partial charge in [-0.25, -0.2) is 13.6 Å². The molecule has 0 saturated carbocycles. The van der Waals surface area contributed by atoms with Crippen molar-refractivity contribution in [3.63, 3.8) is 0 Å². The third kappa shape index (κ3) is 5.10. The number of nitrogens with zero attached hydrogens (tertiary/aromatic N) is 1.